The van der Waals surface area contributed by atoms with Crippen LogP contribution in [0.2, 0.25) is 0 Å². The summed E-state index contributed by atoms with van der Waals surface area (Å²) < 4.78 is 10.8. The van der Waals surface area contributed by atoms with Crippen LogP contribution in [0.15, 0.2) is 66.8 Å². The first kappa shape index (κ1) is 27.8. The number of ketones is 1. The molecule has 2 heterocycles. The minimum absolute atomic E-state index is 0.0296. The van der Waals surface area contributed by atoms with E-state index in [4.69, 9.17) is 9.47 Å². The van der Waals surface area contributed by atoms with E-state index in [1.165, 1.54) is 11.0 Å². The van der Waals surface area contributed by atoms with Gasteiger partial charge in [-0.05, 0) is 50.1 Å². The number of nitrogens with zero attached hydrogens (tertiary/aromatic N) is 2. The number of carbonyl (C=O) groups excluding carboxylic acids is 3. The van der Waals surface area contributed by atoms with E-state index in [0.717, 1.165) is 29.7 Å². The van der Waals surface area contributed by atoms with Crippen LogP contribution in [-0.2, 0) is 14.3 Å². The lowest BCUT2D eigenvalue weighted by atomic mass is 9.95. The lowest BCUT2D eigenvalue weighted by Gasteiger charge is -2.23. The highest BCUT2D eigenvalue weighted by Crippen LogP contribution is 2.44. The van der Waals surface area contributed by atoms with Gasteiger partial charge in [-0.15, -0.1) is 0 Å². The summed E-state index contributed by atoms with van der Waals surface area (Å²) in [7, 11) is 0. The average molecular weight is 547 g/mol. The monoisotopic (exact) mass is 546 g/mol. The number of benzene rings is 2. The Hall–Kier alpha value is -4.24. The van der Waals surface area contributed by atoms with Crippen molar-refractivity contribution in [3.8, 4) is 5.75 Å². The second-order valence-corrected chi connectivity index (χ2v) is 10.1. The van der Waals surface area contributed by atoms with Crippen LogP contribution in [0.25, 0.3) is 5.76 Å². The Morgan fingerprint density at radius 3 is 2.46 bits per heavy atom. The third-order valence-electron chi connectivity index (χ3n) is 6.24. The Kier molecular flexibility index (Phi) is 8.61. The van der Waals surface area contributed by atoms with Gasteiger partial charge >= 0.3 is 11.9 Å². The van der Waals surface area contributed by atoms with Crippen molar-refractivity contribution in [2.75, 3.05) is 18.1 Å². The molecule has 0 radical (unpaired) electrons. The number of carbonyl (C=O) groups is 3. The smallest absolute Gasteiger partial charge is 0.350 e. The molecule has 1 atom stereocenters. The number of rotatable bonds is 10. The van der Waals surface area contributed by atoms with E-state index in [-0.39, 0.29) is 27.9 Å². The van der Waals surface area contributed by atoms with E-state index in [1.54, 1.807) is 43.3 Å². The molecule has 1 N–H and O–H groups in total. The molecule has 8 nitrogen and oxygen atoms in total. The van der Waals surface area contributed by atoms with Crippen LogP contribution in [0.4, 0.5) is 5.13 Å². The van der Waals surface area contributed by atoms with E-state index < -0.39 is 23.7 Å². The molecule has 0 aliphatic carbocycles. The lowest BCUT2D eigenvalue weighted by molar-refractivity contribution is -0.132. The second kappa shape index (κ2) is 12.1. The first-order valence-corrected chi connectivity index (χ1v) is 13.4. The number of aliphatic hydroxyl groups excluding tert-OH is 1. The third-order valence-corrected chi connectivity index (χ3v) is 7.38. The predicted molar refractivity (Wildman–Crippen MR) is 150 cm³/mol. The second-order valence-electron chi connectivity index (χ2n) is 9.10. The highest BCUT2D eigenvalue weighted by molar-refractivity contribution is 7.17. The topological polar surface area (TPSA) is 106 Å². The molecule has 202 valence electrons. The summed E-state index contributed by atoms with van der Waals surface area (Å²) in [5.41, 5.74) is 2.28. The maximum Gasteiger partial charge on any atom is 0.350 e. The van der Waals surface area contributed by atoms with Gasteiger partial charge in [0, 0.05) is 5.56 Å². The molecule has 0 spiro atoms. The number of unbranched alkanes of at least 4 members (excludes halogenated alkanes) is 1. The zero-order valence-corrected chi connectivity index (χ0v) is 22.9. The fourth-order valence-corrected chi connectivity index (χ4v) is 5.16. The maximum absolute atomic E-state index is 13.4. The average Bonchev–Trinajstić information content (AvgIpc) is 3.44. The van der Waals surface area contributed by atoms with Crippen molar-refractivity contribution in [2.45, 2.75) is 39.7 Å². The Balaban J connectivity index is 1.79. The molecule has 4 rings (SSSR count). The predicted octanol–water partition coefficient (Wildman–Crippen LogP) is 5.91. The van der Waals surface area contributed by atoms with E-state index in [1.807, 2.05) is 19.1 Å². The summed E-state index contributed by atoms with van der Waals surface area (Å²) in [5.74, 6) is -1.95. The van der Waals surface area contributed by atoms with Gasteiger partial charge in [-0.2, -0.15) is 0 Å². The van der Waals surface area contributed by atoms with Crippen molar-refractivity contribution in [3.05, 3.63) is 94.0 Å². The third kappa shape index (κ3) is 5.78. The molecule has 1 aliphatic heterocycles. The largest absolute Gasteiger partial charge is 0.507 e. The van der Waals surface area contributed by atoms with Gasteiger partial charge in [-0.25, -0.2) is 9.78 Å². The van der Waals surface area contributed by atoms with Gasteiger partial charge in [0.15, 0.2) is 5.13 Å². The number of anilines is 1. The van der Waals surface area contributed by atoms with Gasteiger partial charge in [0.25, 0.3) is 5.78 Å². The Morgan fingerprint density at radius 1 is 1.13 bits per heavy atom. The first-order chi connectivity index (χ1) is 18.8. The molecule has 1 fully saturated rings. The summed E-state index contributed by atoms with van der Waals surface area (Å²) in [4.78, 5) is 45.2. The summed E-state index contributed by atoms with van der Waals surface area (Å²) >= 11 is 0.956. The summed E-state index contributed by atoms with van der Waals surface area (Å²) in [6.07, 6.45) is 3.38. The van der Waals surface area contributed by atoms with Gasteiger partial charge in [-0.3, -0.25) is 14.5 Å². The molecular formula is C30H30N2O6S. The van der Waals surface area contributed by atoms with Crippen LogP contribution < -0.4 is 9.64 Å². The Bertz CT molecular complexity index is 1420. The summed E-state index contributed by atoms with van der Waals surface area (Å²) in [5, 5.41) is 11.5. The number of thiazole rings is 1. The van der Waals surface area contributed by atoms with Crippen molar-refractivity contribution in [3.63, 3.8) is 0 Å². The van der Waals surface area contributed by atoms with Crippen LogP contribution >= 0.6 is 11.3 Å². The molecule has 1 amide bonds. The first-order valence-electron chi connectivity index (χ1n) is 12.6. The molecule has 3 aromatic rings. The zero-order valence-electron chi connectivity index (χ0n) is 22.1. The van der Waals surface area contributed by atoms with Crippen LogP contribution in [0, 0.1) is 13.8 Å². The van der Waals surface area contributed by atoms with Crippen LogP contribution in [0.3, 0.4) is 0 Å². The van der Waals surface area contributed by atoms with Gasteiger partial charge in [0.05, 0.1) is 23.9 Å². The fraction of sp³-hybridized carbons (Fsp3) is 0.267. The standard InChI is InChI=1S/C30H30N2O6S/c1-5-7-17-37-22-14-12-21(13-15-22)25(33)23-24(20-10-8-18(3)9-11-20)32(28(35)26(23)34)30-31-19(4)27(39-30)29(36)38-16-6-2/h6,8-15,24,33H,2,5,7,16-17H2,1,3-4H3/t24-/m1/s1. The SMILES string of the molecule is C=CCOC(=O)c1sc(N2C(=O)C(=O)C(=C(O)c3ccc(OCCCC)cc3)[C@H]2c2ccc(C)cc2)nc1C. The molecule has 1 saturated heterocycles. The number of hydrogen-bond acceptors (Lipinski definition) is 8. The van der Waals surface area contributed by atoms with Crippen molar-refractivity contribution in [2.24, 2.45) is 0 Å². The van der Waals surface area contributed by atoms with Crippen LogP contribution in [0.5, 0.6) is 5.75 Å². The molecular weight excluding hydrogens is 516 g/mol. The van der Waals surface area contributed by atoms with Crippen molar-refractivity contribution in [1.82, 2.24) is 4.98 Å². The summed E-state index contributed by atoms with van der Waals surface area (Å²) in [6, 6.07) is 13.1. The number of Topliss-reactive ketones (excluding diaryl/α,β-unsaturated/α-hetero) is 1. The van der Waals surface area contributed by atoms with Crippen LogP contribution in [0.1, 0.15) is 57.9 Å². The van der Waals surface area contributed by atoms with E-state index >= 15 is 0 Å². The van der Waals surface area contributed by atoms with E-state index in [2.05, 4.69) is 18.5 Å². The van der Waals surface area contributed by atoms with Gasteiger partial charge in [0.1, 0.15) is 23.0 Å². The minimum atomic E-state index is -0.950. The van der Waals surface area contributed by atoms with Gasteiger partial charge in [-0.1, -0.05) is 67.2 Å². The number of esters is 1. The van der Waals surface area contributed by atoms with Gasteiger partial charge in [0.2, 0.25) is 0 Å². The quantitative estimate of drug-likeness (QED) is 0.0842. The highest BCUT2D eigenvalue weighted by Gasteiger charge is 2.48. The fourth-order valence-electron chi connectivity index (χ4n) is 4.17. The molecule has 39 heavy (non-hydrogen) atoms. The maximum atomic E-state index is 13.4. The van der Waals surface area contributed by atoms with Crippen molar-refractivity contribution >= 4 is 39.9 Å². The molecule has 0 unspecified atom stereocenters. The number of aromatic nitrogens is 1. The van der Waals surface area contributed by atoms with E-state index in [9.17, 15) is 19.5 Å². The zero-order chi connectivity index (χ0) is 28.1. The number of hydrogen-bond donors (Lipinski definition) is 1. The highest BCUT2D eigenvalue weighted by atomic mass is 32.1. The molecule has 0 saturated carbocycles. The molecule has 0 bridgehead atoms. The van der Waals surface area contributed by atoms with Crippen molar-refractivity contribution in [1.29, 1.82) is 0 Å². The van der Waals surface area contributed by atoms with Crippen molar-refractivity contribution < 1.29 is 29.0 Å². The minimum Gasteiger partial charge on any atom is -0.507 e. The molecule has 2 aromatic carbocycles. The Morgan fingerprint density at radius 2 is 1.82 bits per heavy atom. The normalized spacial score (nSPS) is 16.4. The number of ether oxygens (including phenoxy) is 2. The molecule has 1 aromatic heterocycles. The summed E-state index contributed by atoms with van der Waals surface area (Å²) in [6.45, 7) is 9.78. The van der Waals surface area contributed by atoms with Gasteiger partial charge < -0.3 is 14.6 Å². The lowest BCUT2D eigenvalue weighted by Crippen LogP contribution is -2.29. The van der Waals surface area contributed by atoms with Crippen LogP contribution in [-0.4, -0.2) is 41.0 Å². The Labute approximate surface area is 231 Å². The molecule has 1 aliphatic rings. The number of aliphatic hydroxyl groups is 1. The molecule has 9 heteroatoms. The van der Waals surface area contributed by atoms with E-state index in [0.29, 0.717) is 29.2 Å². The number of aryl methyl sites for hydroxylation is 2. The number of amides is 1.